The summed E-state index contributed by atoms with van der Waals surface area (Å²) in [6, 6.07) is 3.15. The number of amides is 1. The highest BCUT2D eigenvalue weighted by molar-refractivity contribution is 5.94. The van der Waals surface area contributed by atoms with Crippen molar-refractivity contribution >= 4 is 5.91 Å². The van der Waals surface area contributed by atoms with E-state index >= 15 is 0 Å². The standard InChI is InChI=1S/C10H12N2O2/c1-2-4-12-10(14)8-3-5-11-9(6-8)7-13/h2-3,5-6,13H,1,4,7H2,(H,12,14). The summed E-state index contributed by atoms with van der Waals surface area (Å²) in [7, 11) is 0. The Kier molecular flexibility index (Phi) is 3.82. The van der Waals surface area contributed by atoms with E-state index < -0.39 is 0 Å². The van der Waals surface area contributed by atoms with Crippen molar-refractivity contribution in [3.05, 3.63) is 42.2 Å². The summed E-state index contributed by atoms with van der Waals surface area (Å²) in [5, 5.41) is 11.4. The molecule has 74 valence electrons. The smallest absolute Gasteiger partial charge is 0.251 e. The molecule has 1 aromatic rings. The van der Waals surface area contributed by atoms with Crippen LogP contribution in [0.25, 0.3) is 0 Å². The number of carbonyl (C=O) groups is 1. The van der Waals surface area contributed by atoms with E-state index in [0.29, 0.717) is 17.8 Å². The Bertz CT molecular complexity index is 337. The van der Waals surface area contributed by atoms with Crippen LogP contribution in [0.5, 0.6) is 0 Å². The number of rotatable bonds is 4. The molecule has 0 radical (unpaired) electrons. The van der Waals surface area contributed by atoms with Crippen LogP contribution in [0.4, 0.5) is 0 Å². The van der Waals surface area contributed by atoms with Crippen LogP contribution in [0.3, 0.4) is 0 Å². The summed E-state index contributed by atoms with van der Waals surface area (Å²) in [6.45, 7) is 3.76. The average Bonchev–Trinajstić information content (AvgIpc) is 2.26. The van der Waals surface area contributed by atoms with E-state index in [0.717, 1.165) is 0 Å². The van der Waals surface area contributed by atoms with Gasteiger partial charge in [-0.3, -0.25) is 9.78 Å². The van der Waals surface area contributed by atoms with E-state index in [9.17, 15) is 4.79 Å². The number of aliphatic hydroxyl groups excluding tert-OH is 1. The first-order chi connectivity index (χ1) is 6.77. The predicted molar refractivity (Wildman–Crippen MR) is 52.7 cm³/mol. The Balaban J connectivity index is 2.73. The normalized spacial score (nSPS) is 9.50. The van der Waals surface area contributed by atoms with Crippen molar-refractivity contribution in [1.29, 1.82) is 0 Å². The highest BCUT2D eigenvalue weighted by Gasteiger charge is 2.04. The molecule has 2 N–H and O–H groups in total. The summed E-state index contributed by atoms with van der Waals surface area (Å²) in [4.78, 5) is 15.3. The molecule has 0 unspecified atom stereocenters. The number of nitrogens with zero attached hydrogens (tertiary/aromatic N) is 1. The Hall–Kier alpha value is -1.68. The van der Waals surface area contributed by atoms with Gasteiger partial charge in [0.2, 0.25) is 0 Å². The third-order valence-corrected chi connectivity index (χ3v) is 1.65. The van der Waals surface area contributed by atoms with Gasteiger partial charge in [0, 0.05) is 18.3 Å². The van der Waals surface area contributed by atoms with Gasteiger partial charge in [-0.15, -0.1) is 6.58 Å². The lowest BCUT2D eigenvalue weighted by molar-refractivity contribution is 0.0957. The number of hydrogen-bond acceptors (Lipinski definition) is 3. The molecule has 1 amide bonds. The maximum Gasteiger partial charge on any atom is 0.251 e. The van der Waals surface area contributed by atoms with E-state index in [-0.39, 0.29) is 12.5 Å². The molecular formula is C10H12N2O2. The van der Waals surface area contributed by atoms with Crippen molar-refractivity contribution in [1.82, 2.24) is 10.3 Å². The Morgan fingerprint density at radius 1 is 1.71 bits per heavy atom. The monoisotopic (exact) mass is 192 g/mol. The highest BCUT2D eigenvalue weighted by Crippen LogP contribution is 2.01. The molecule has 0 aliphatic rings. The number of aromatic nitrogens is 1. The maximum atomic E-state index is 11.4. The molecule has 0 aliphatic carbocycles. The SMILES string of the molecule is C=CCNC(=O)c1ccnc(CO)c1. The Labute approximate surface area is 82.3 Å². The second-order valence-electron chi connectivity index (χ2n) is 2.69. The fourth-order valence-electron chi connectivity index (χ4n) is 0.973. The summed E-state index contributed by atoms with van der Waals surface area (Å²) in [6.07, 6.45) is 3.10. The van der Waals surface area contributed by atoms with Gasteiger partial charge in [0.15, 0.2) is 0 Å². The Morgan fingerprint density at radius 3 is 3.14 bits per heavy atom. The van der Waals surface area contributed by atoms with E-state index in [1.807, 2.05) is 0 Å². The first kappa shape index (κ1) is 10.4. The molecule has 0 saturated heterocycles. The summed E-state index contributed by atoms with van der Waals surface area (Å²) in [5.41, 5.74) is 0.974. The topological polar surface area (TPSA) is 62.2 Å². The molecule has 0 bridgehead atoms. The molecule has 0 saturated carbocycles. The molecule has 4 heteroatoms. The van der Waals surface area contributed by atoms with Crippen molar-refractivity contribution in [2.24, 2.45) is 0 Å². The van der Waals surface area contributed by atoms with Gasteiger partial charge in [-0.05, 0) is 12.1 Å². The van der Waals surface area contributed by atoms with Crippen LogP contribution < -0.4 is 5.32 Å². The van der Waals surface area contributed by atoms with Gasteiger partial charge in [-0.1, -0.05) is 6.08 Å². The number of carbonyl (C=O) groups excluding carboxylic acids is 1. The van der Waals surface area contributed by atoms with Crippen molar-refractivity contribution in [2.45, 2.75) is 6.61 Å². The fourth-order valence-corrected chi connectivity index (χ4v) is 0.973. The quantitative estimate of drug-likeness (QED) is 0.682. The van der Waals surface area contributed by atoms with Crippen LogP contribution in [0.2, 0.25) is 0 Å². The minimum atomic E-state index is -0.193. The number of aliphatic hydroxyl groups is 1. The first-order valence-corrected chi connectivity index (χ1v) is 4.23. The lowest BCUT2D eigenvalue weighted by atomic mass is 10.2. The maximum absolute atomic E-state index is 11.4. The first-order valence-electron chi connectivity index (χ1n) is 4.23. The zero-order valence-corrected chi connectivity index (χ0v) is 7.73. The fraction of sp³-hybridized carbons (Fsp3) is 0.200. The van der Waals surface area contributed by atoms with Gasteiger partial charge in [0.1, 0.15) is 0 Å². The van der Waals surface area contributed by atoms with Gasteiger partial charge in [-0.2, -0.15) is 0 Å². The largest absolute Gasteiger partial charge is 0.390 e. The second-order valence-corrected chi connectivity index (χ2v) is 2.69. The van der Waals surface area contributed by atoms with Crippen LogP contribution in [0.1, 0.15) is 16.1 Å². The number of nitrogens with one attached hydrogen (secondary N) is 1. The summed E-state index contributed by atoms with van der Waals surface area (Å²) < 4.78 is 0. The third-order valence-electron chi connectivity index (χ3n) is 1.65. The highest BCUT2D eigenvalue weighted by atomic mass is 16.3. The average molecular weight is 192 g/mol. The number of pyridine rings is 1. The van der Waals surface area contributed by atoms with Crippen molar-refractivity contribution in [3.63, 3.8) is 0 Å². The van der Waals surface area contributed by atoms with Gasteiger partial charge < -0.3 is 10.4 Å². The molecule has 0 spiro atoms. The van der Waals surface area contributed by atoms with Crippen molar-refractivity contribution in [2.75, 3.05) is 6.54 Å². The van der Waals surface area contributed by atoms with E-state index in [2.05, 4.69) is 16.9 Å². The molecule has 4 nitrogen and oxygen atoms in total. The second kappa shape index (κ2) is 5.14. The van der Waals surface area contributed by atoms with Crippen LogP contribution in [-0.4, -0.2) is 22.5 Å². The van der Waals surface area contributed by atoms with Crippen LogP contribution in [0, 0.1) is 0 Å². The zero-order chi connectivity index (χ0) is 10.4. The third kappa shape index (κ3) is 2.67. The van der Waals surface area contributed by atoms with E-state index in [1.165, 1.54) is 6.20 Å². The van der Waals surface area contributed by atoms with Crippen molar-refractivity contribution in [3.8, 4) is 0 Å². The van der Waals surface area contributed by atoms with E-state index in [4.69, 9.17) is 5.11 Å². The molecule has 1 rings (SSSR count). The van der Waals surface area contributed by atoms with E-state index in [1.54, 1.807) is 18.2 Å². The predicted octanol–water partition coefficient (Wildman–Crippen LogP) is 0.490. The summed E-state index contributed by atoms with van der Waals surface area (Å²) >= 11 is 0. The van der Waals surface area contributed by atoms with Gasteiger partial charge in [-0.25, -0.2) is 0 Å². The zero-order valence-electron chi connectivity index (χ0n) is 7.73. The molecule has 14 heavy (non-hydrogen) atoms. The molecule has 0 aromatic carbocycles. The minimum Gasteiger partial charge on any atom is -0.390 e. The molecule has 1 heterocycles. The van der Waals surface area contributed by atoms with Crippen LogP contribution >= 0.6 is 0 Å². The molecular weight excluding hydrogens is 180 g/mol. The van der Waals surface area contributed by atoms with Crippen LogP contribution in [-0.2, 0) is 6.61 Å². The number of hydrogen-bond donors (Lipinski definition) is 2. The van der Waals surface area contributed by atoms with Gasteiger partial charge in [0.05, 0.1) is 12.3 Å². The lowest BCUT2D eigenvalue weighted by Crippen LogP contribution is -2.23. The molecule has 1 aromatic heterocycles. The van der Waals surface area contributed by atoms with Crippen molar-refractivity contribution < 1.29 is 9.90 Å². The van der Waals surface area contributed by atoms with Crippen LogP contribution in [0.15, 0.2) is 31.0 Å². The minimum absolute atomic E-state index is 0.164. The Morgan fingerprint density at radius 2 is 2.50 bits per heavy atom. The molecule has 0 aliphatic heterocycles. The molecule has 0 atom stereocenters. The molecule has 0 fully saturated rings. The summed E-state index contributed by atoms with van der Waals surface area (Å²) in [5.74, 6) is -0.193. The lowest BCUT2D eigenvalue weighted by Gasteiger charge is -2.02. The van der Waals surface area contributed by atoms with Gasteiger partial charge in [0.25, 0.3) is 5.91 Å². The van der Waals surface area contributed by atoms with Gasteiger partial charge >= 0.3 is 0 Å².